The monoisotopic (exact) mass is 473 g/mol. The summed E-state index contributed by atoms with van der Waals surface area (Å²) in [7, 11) is 0. The fraction of sp³-hybridized carbons (Fsp3) is 0.414. The lowest BCUT2D eigenvalue weighted by Crippen LogP contribution is -2.63. The Hall–Kier alpha value is -2.72. The van der Waals surface area contributed by atoms with Gasteiger partial charge in [-0.1, -0.05) is 79.4 Å². The van der Waals surface area contributed by atoms with Gasteiger partial charge in [-0.2, -0.15) is 0 Å². The number of Topliss-reactive ketones (excluding diaryl/α,β-unsaturated/α-hetero) is 2. The Bertz CT molecular complexity index is 1180. The average Bonchev–Trinajstić information content (AvgIpc) is 2.87. The first-order valence-electron chi connectivity index (χ1n) is 12.5. The minimum atomic E-state index is -0.482. The Morgan fingerprint density at radius 3 is 2.18 bits per heavy atom. The molecule has 0 unspecified atom stereocenters. The molecule has 174 valence electrons. The van der Waals surface area contributed by atoms with Gasteiger partial charge in [0.1, 0.15) is 0 Å². The third-order valence-corrected chi connectivity index (χ3v) is 8.72. The number of allylic oxidation sites excluding steroid dienone is 2. The van der Waals surface area contributed by atoms with Crippen molar-refractivity contribution in [3.05, 3.63) is 82.4 Å². The highest BCUT2D eigenvalue weighted by Crippen LogP contribution is 2.53. The standard InChI is InChI=1S/C29H28ClNO3/c30-18-15-13-17(14-16-18)26-25(29(34)31(26)19-7-2-1-3-8-19)22-11-6-12-23-24(22)28(33)21-10-5-4-9-20(21)27(23)32/h4-6,9-11,13-16,19,22-26H,1-3,7-8,12H2/t22-,23+,24-,25-,26+/m0/s1. The molecule has 1 aliphatic heterocycles. The Kier molecular flexibility index (Phi) is 5.44. The summed E-state index contributed by atoms with van der Waals surface area (Å²) < 4.78 is 0. The molecule has 0 spiro atoms. The number of carbonyl (C=O) groups excluding carboxylic acids is 3. The Morgan fingerprint density at radius 1 is 0.794 bits per heavy atom. The van der Waals surface area contributed by atoms with Crippen LogP contribution in [0.1, 0.15) is 70.8 Å². The second-order valence-corrected chi connectivity index (χ2v) is 10.6. The molecule has 2 aromatic carbocycles. The van der Waals surface area contributed by atoms with Gasteiger partial charge in [-0.15, -0.1) is 0 Å². The second-order valence-electron chi connectivity index (χ2n) is 10.2. The third-order valence-electron chi connectivity index (χ3n) is 8.47. The van der Waals surface area contributed by atoms with Gasteiger partial charge in [-0.05, 0) is 37.0 Å². The molecule has 2 aromatic rings. The maximum atomic E-state index is 13.8. The predicted molar refractivity (Wildman–Crippen MR) is 131 cm³/mol. The molecule has 0 N–H and O–H groups in total. The van der Waals surface area contributed by atoms with Crippen LogP contribution in [0.2, 0.25) is 5.02 Å². The highest BCUT2D eigenvalue weighted by Gasteiger charge is 2.58. The van der Waals surface area contributed by atoms with E-state index < -0.39 is 5.92 Å². The summed E-state index contributed by atoms with van der Waals surface area (Å²) in [5.41, 5.74) is 2.10. The van der Waals surface area contributed by atoms with Crippen LogP contribution in [-0.2, 0) is 4.79 Å². The molecule has 34 heavy (non-hydrogen) atoms. The molecular weight excluding hydrogens is 446 g/mol. The summed E-state index contributed by atoms with van der Waals surface area (Å²) in [5, 5.41) is 0.664. The Morgan fingerprint density at radius 2 is 1.47 bits per heavy atom. The molecule has 1 saturated carbocycles. The SMILES string of the molecule is O=C1c2ccccc2C(=O)[C@@H]2CC=C[C@H]([C@@H]3C(=O)N(C4CCCCC4)[C@@H]3c3ccc(Cl)cc3)[C@H]12. The van der Waals surface area contributed by atoms with Gasteiger partial charge in [0, 0.05) is 39.9 Å². The fourth-order valence-electron chi connectivity index (χ4n) is 6.88. The Labute approximate surface area is 205 Å². The number of hydrogen-bond acceptors (Lipinski definition) is 3. The van der Waals surface area contributed by atoms with E-state index in [1.54, 1.807) is 12.1 Å². The van der Waals surface area contributed by atoms with E-state index in [2.05, 4.69) is 4.90 Å². The molecule has 2 fully saturated rings. The number of ketones is 2. The molecule has 3 aliphatic carbocycles. The number of hydrogen-bond donors (Lipinski definition) is 0. The minimum absolute atomic E-state index is 0.00771. The number of β-lactam (4-membered cyclic amide) rings is 1. The number of nitrogens with zero attached hydrogens (tertiary/aromatic N) is 1. The first-order valence-corrected chi connectivity index (χ1v) is 12.9. The number of halogens is 1. The van der Waals surface area contributed by atoms with Crippen molar-refractivity contribution in [2.75, 3.05) is 0 Å². The van der Waals surface area contributed by atoms with Crippen LogP contribution < -0.4 is 0 Å². The molecular formula is C29H28ClNO3. The molecule has 1 heterocycles. The van der Waals surface area contributed by atoms with Crippen LogP contribution >= 0.6 is 11.6 Å². The van der Waals surface area contributed by atoms with Gasteiger partial charge in [0.05, 0.1) is 12.0 Å². The van der Waals surface area contributed by atoms with Gasteiger partial charge in [0.25, 0.3) is 0 Å². The lowest BCUT2D eigenvalue weighted by Gasteiger charge is -2.56. The molecule has 1 saturated heterocycles. The van der Waals surface area contributed by atoms with E-state index in [1.165, 1.54) is 6.42 Å². The minimum Gasteiger partial charge on any atom is -0.332 e. The van der Waals surface area contributed by atoms with Crippen LogP contribution in [0.4, 0.5) is 0 Å². The zero-order valence-corrected chi connectivity index (χ0v) is 19.8. The van der Waals surface area contributed by atoms with Gasteiger partial charge in [-0.3, -0.25) is 14.4 Å². The van der Waals surface area contributed by atoms with Crippen LogP contribution in [0, 0.1) is 23.7 Å². The first kappa shape index (κ1) is 21.8. The van der Waals surface area contributed by atoms with Crippen LogP contribution in [0.25, 0.3) is 0 Å². The van der Waals surface area contributed by atoms with Gasteiger partial charge in [0.2, 0.25) is 5.91 Å². The fourth-order valence-corrected chi connectivity index (χ4v) is 7.01. The normalized spacial score (nSPS) is 31.1. The third kappa shape index (κ3) is 3.30. The summed E-state index contributed by atoms with van der Waals surface area (Å²) in [4.78, 5) is 42.9. The van der Waals surface area contributed by atoms with Crippen LogP contribution in [0.5, 0.6) is 0 Å². The summed E-state index contributed by atoms with van der Waals surface area (Å²) in [6, 6.07) is 15.1. The van der Waals surface area contributed by atoms with Crippen molar-refractivity contribution in [2.24, 2.45) is 23.7 Å². The lowest BCUT2D eigenvalue weighted by atomic mass is 9.58. The van der Waals surface area contributed by atoms with Crippen molar-refractivity contribution in [2.45, 2.75) is 50.6 Å². The number of rotatable bonds is 3. The van der Waals surface area contributed by atoms with E-state index in [4.69, 9.17) is 11.6 Å². The van der Waals surface area contributed by atoms with Gasteiger partial charge >= 0.3 is 0 Å². The van der Waals surface area contributed by atoms with Crippen LogP contribution in [0.3, 0.4) is 0 Å². The average molecular weight is 474 g/mol. The lowest BCUT2D eigenvalue weighted by molar-refractivity contribution is -0.168. The van der Waals surface area contributed by atoms with Crippen molar-refractivity contribution < 1.29 is 14.4 Å². The maximum Gasteiger partial charge on any atom is 0.229 e. The number of amides is 1. The summed E-state index contributed by atoms with van der Waals surface area (Å²) >= 11 is 6.18. The van der Waals surface area contributed by atoms with Crippen molar-refractivity contribution in [3.8, 4) is 0 Å². The molecule has 5 atom stereocenters. The smallest absolute Gasteiger partial charge is 0.229 e. The van der Waals surface area contributed by atoms with E-state index in [0.717, 1.165) is 31.2 Å². The molecule has 4 nitrogen and oxygen atoms in total. The van der Waals surface area contributed by atoms with E-state index in [1.807, 2.05) is 48.6 Å². The van der Waals surface area contributed by atoms with Gasteiger partial charge < -0.3 is 4.90 Å². The highest BCUT2D eigenvalue weighted by molar-refractivity contribution is 6.30. The molecule has 0 aromatic heterocycles. The van der Waals surface area contributed by atoms with Crippen molar-refractivity contribution in [1.29, 1.82) is 0 Å². The molecule has 0 radical (unpaired) electrons. The quantitative estimate of drug-likeness (QED) is 0.402. The number of fused-ring (bicyclic) bond motifs is 2. The predicted octanol–water partition coefficient (Wildman–Crippen LogP) is 6.06. The van der Waals surface area contributed by atoms with E-state index >= 15 is 0 Å². The van der Waals surface area contributed by atoms with Gasteiger partial charge in [0.15, 0.2) is 11.6 Å². The highest BCUT2D eigenvalue weighted by atomic mass is 35.5. The topological polar surface area (TPSA) is 54.5 Å². The molecule has 1 amide bonds. The van der Waals surface area contributed by atoms with E-state index in [-0.39, 0.29) is 47.3 Å². The molecule has 0 bridgehead atoms. The van der Waals surface area contributed by atoms with E-state index in [9.17, 15) is 14.4 Å². The summed E-state index contributed by atoms with van der Waals surface area (Å²) in [6.07, 6.45) is 10.2. The van der Waals surface area contributed by atoms with Crippen molar-refractivity contribution >= 4 is 29.1 Å². The van der Waals surface area contributed by atoms with Crippen LogP contribution in [-0.4, -0.2) is 28.4 Å². The van der Waals surface area contributed by atoms with Crippen molar-refractivity contribution in [3.63, 3.8) is 0 Å². The maximum absolute atomic E-state index is 13.8. The van der Waals surface area contributed by atoms with Crippen LogP contribution in [0.15, 0.2) is 60.7 Å². The summed E-state index contributed by atoms with van der Waals surface area (Å²) in [6.45, 7) is 0. The zero-order valence-electron chi connectivity index (χ0n) is 19.0. The molecule has 4 aliphatic rings. The first-order chi connectivity index (χ1) is 16.6. The molecule has 6 rings (SSSR count). The van der Waals surface area contributed by atoms with Gasteiger partial charge in [-0.25, -0.2) is 0 Å². The molecule has 5 heteroatoms. The largest absolute Gasteiger partial charge is 0.332 e. The Balaban J connectivity index is 1.40. The second kappa shape index (κ2) is 8.49. The zero-order chi connectivity index (χ0) is 23.4. The van der Waals surface area contributed by atoms with E-state index in [0.29, 0.717) is 22.6 Å². The summed E-state index contributed by atoms with van der Waals surface area (Å²) in [5.74, 6) is -1.32. The number of carbonyl (C=O) groups is 3. The number of benzene rings is 2. The number of likely N-dealkylation sites (tertiary alicyclic amines) is 1. The van der Waals surface area contributed by atoms with Crippen molar-refractivity contribution in [1.82, 2.24) is 4.90 Å².